The maximum absolute atomic E-state index is 5.13. The van der Waals surface area contributed by atoms with Gasteiger partial charge in [0.05, 0.1) is 7.11 Å². The van der Waals surface area contributed by atoms with Crippen LogP contribution in [0.1, 0.15) is 25.5 Å². The molecular formula is C12H17NO. The van der Waals surface area contributed by atoms with E-state index in [4.69, 9.17) is 4.74 Å². The van der Waals surface area contributed by atoms with Crippen molar-refractivity contribution in [2.75, 3.05) is 13.7 Å². The molecule has 14 heavy (non-hydrogen) atoms. The van der Waals surface area contributed by atoms with Crippen molar-refractivity contribution in [2.24, 2.45) is 5.41 Å². The van der Waals surface area contributed by atoms with Gasteiger partial charge < -0.3 is 10.1 Å². The third-order valence-corrected chi connectivity index (χ3v) is 2.99. The van der Waals surface area contributed by atoms with Crippen LogP contribution in [-0.4, -0.2) is 13.7 Å². The third kappa shape index (κ3) is 1.50. The molecule has 0 bridgehead atoms. The molecule has 1 atom stereocenters. The molecule has 0 radical (unpaired) electrons. The summed E-state index contributed by atoms with van der Waals surface area (Å²) in [6, 6.07) is 8.81. The molecule has 0 aromatic heterocycles. The Morgan fingerprint density at radius 2 is 1.93 bits per heavy atom. The first kappa shape index (κ1) is 9.53. The highest BCUT2D eigenvalue weighted by molar-refractivity contribution is 5.31. The predicted octanol–water partition coefficient (Wildman–Crippen LogP) is 2.37. The minimum Gasteiger partial charge on any atom is -0.497 e. The van der Waals surface area contributed by atoms with Crippen LogP contribution in [0, 0.1) is 5.41 Å². The Morgan fingerprint density at radius 3 is 2.29 bits per heavy atom. The van der Waals surface area contributed by atoms with Crippen LogP contribution < -0.4 is 10.1 Å². The van der Waals surface area contributed by atoms with Crippen LogP contribution in [0.2, 0.25) is 0 Å². The van der Waals surface area contributed by atoms with Crippen LogP contribution in [0.25, 0.3) is 0 Å². The zero-order valence-electron chi connectivity index (χ0n) is 9.00. The molecule has 0 spiro atoms. The van der Waals surface area contributed by atoms with Crippen molar-refractivity contribution in [1.29, 1.82) is 0 Å². The summed E-state index contributed by atoms with van der Waals surface area (Å²) in [6.07, 6.45) is 0. The third-order valence-electron chi connectivity index (χ3n) is 2.99. The molecule has 0 saturated carbocycles. The average Bonchev–Trinajstić information content (AvgIpc) is 2.18. The molecule has 0 aliphatic carbocycles. The molecule has 76 valence electrons. The average molecular weight is 191 g/mol. The van der Waals surface area contributed by atoms with Gasteiger partial charge in [-0.05, 0) is 23.1 Å². The lowest BCUT2D eigenvalue weighted by molar-refractivity contribution is 0.128. The lowest BCUT2D eigenvalue weighted by Gasteiger charge is -2.46. The molecule has 1 unspecified atom stereocenters. The van der Waals surface area contributed by atoms with Crippen LogP contribution in [0.3, 0.4) is 0 Å². The van der Waals surface area contributed by atoms with Gasteiger partial charge in [-0.15, -0.1) is 0 Å². The molecule has 1 fully saturated rings. The lowest BCUT2D eigenvalue weighted by atomic mass is 9.74. The Labute approximate surface area is 85.3 Å². The Morgan fingerprint density at radius 1 is 1.29 bits per heavy atom. The van der Waals surface area contributed by atoms with Crippen LogP contribution in [0.5, 0.6) is 5.75 Å². The summed E-state index contributed by atoms with van der Waals surface area (Å²) in [4.78, 5) is 0. The zero-order chi connectivity index (χ0) is 10.2. The predicted molar refractivity (Wildman–Crippen MR) is 57.5 cm³/mol. The van der Waals surface area contributed by atoms with Crippen molar-refractivity contribution in [3.8, 4) is 5.75 Å². The topological polar surface area (TPSA) is 21.3 Å². The van der Waals surface area contributed by atoms with Gasteiger partial charge in [-0.1, -0.05) is 26.0 Å². The van der Waals surface area contributed by atoms with Gasteiger partial charge in [-0.25, -0.2) is 0 Å². The highest BCUT2D eigenvalue weighted by Crippen LogP contribution is 2.40. The van der Waals surface area contributed by atoms with Crippen molar-refractivity contribution in [1.82, 2.24) is 5.32 Å². The van der Waals surface area contributed by atoms with Gasteiger partial charge >= 0.3 is 0 Å². The fraction of sp³-hybridized carbons (Fsp3) is 0.500. The molecule has 1 aromatic carbocycles. The second-order valence-corrected chi connectivity index (χ2v) is 4.58. The van der Waals surface area contributed by atoms with Gasteiger partial charge in [0.15, 0.2) is 0 Å². The number of methoxy groups -OCH3 is 1. The first-order chi connectivity index (χ1) is 6.63. The van der Waals surface area contributed by atoms with E-state index in [0.717, 1.165) is 12.3 Å². The standard InChI is InChI=1S/C12H17NO/c1-12(2)8-13-11(12)9-4-6-10(14-3)7-5-9/h4-7,11,13H,8H2,1-3H3. The molecule has 1 saturated heterocycles. The largest absolute Gasteiger partial charge is 0.497 e. The number of rotatable bonds is 2. The number of nitrogens with one attached hydrogen (secondary N) is 1. The maximum atomic E-state index is 5.13. The summed E-state index contributed by atoms with van der Waals surface area (Å²) in [5.74, 6) is 0.922. The van der Waals surface area contributed by atoms with Gasteiger partial charge in [0, 0.05) is 12.6 Å². The highest BCUT2D eigenvalue weighted by Gasteiger charge is 2.38. The van der Waals surface area contributed by atoms with Crippen molar-refractivity contribution >= 4 is 0 Å². The van der Waals surface area contributed by atoms with E-state index in [0.29, 0.717) is 11.5 Å². The summed E-state index contributed by atoms with van der Waals surface area (Å²) >= 11 is 0. The summed E-state index contributed by atoms with van der Waals surface area (Å²) in [7, 11) is 1.69. The van der Waals surface area contributed by atoms with Crippen LogP contribution >= 0.6 is 0 Å². The number of benzene rings is 1. The number of ether oxygens (including phenoxy) is 1. The van der Waals surface area contributed by atoms with Crippen molar-refractivity contribution in [3.05, 3.63) is 29.8 Å². The summed E-state index contributed by atoms with van der Waals surface area (Å²) in [6.45, 7) is 5.68. The van der Waals surface area contributed by atoms with Gasteiger partial charge in [0.1, 0.15) is 5.75 Å². The highest BCUT2D eigenvalue weighted by atomic mass is 16.5. The van der Waals surface area contributed by atoms with Crippen molar-refractivity contribution in [2.45, 2.75) is 19.9 Å². The molecule has 2 nitrogen and oxygen atoms in total. The zero-order valence-corrected chi connectivity index (χ0v) is 9.00. The van der Waals surface area contributed by atoms with Gasteiger partial charge in [0.25, 0.3) is 0 Å². The van der Waals surface area contributed by atoms with E-state index in [1.807, 2.05) is 12.1 Å². The fourth-order valence-corrected chi connectivity index (χ4v) is 1.98. The van der Waals surface area contributed by atoms with Gasteiger partial charge in [0.2, 0.25) is 0 Å². The Balaban J connectivity index is 2.17. The van der Waals surface area contributed by atoms with Crippen molar-refractivity contribution in [3.63, 3.8) is 0 Å². The normalized spacial score (nSPS) is 24.1. The number of hydrogen-bond donors (Lipinski definition) is 1. The Hall–Kier alpha value is -1.02. The molecule has 0 amide bonds. The number of hydrogen-bond acceptors (Lipinski definition) is 2. The summed E-state index contributed by atoms with van der Waals surface area (Å²) < 4.78 is 5.13. The molecule has 1 aliphatic rings. The van der Waals surface area contributed by atoms with Crippen LogP contribution in [0.15, 0.2) is 24.3 Å². The van der Waals surface area contributed by atoms with E-state index < -0.39 is 0 Å². The fourth-order valence-electron chi connectivity index (χ4n) is 1.98. The monoisotopic (exact) mass is 191 g/mol. The van der Waals surface area contributed by atoms with E-state index in [2.05, 4.69) is 31.3 Å². The first-order valence-electron chi connectivity index (χ1n) is 5.01. The van der Waals surface area contributed by atoms with E-state index in [1.165, 1.54) is 5.56 Å². The molecule has 2 rings (SSSR count). The minimum atomic E-state index is 0.384. The van der Waals surface area contributed by atoms with Crippen LogP contribution in [-0.2, 0) is 0 Å². The maximum Gasteiger partial charge on any atom is 0.118 e. The molecular weight excluding hydrogens is 174 g/mol. The SMILES string of the molecule is COc1ccc(C2NCC2(C)C)cc1. The lowest BCUT2D eigenvalue weighted by Crippen LogP contribution is -2.52. The van der Waals surface area contributed by atoms with E-state index in [-0.39, 0.29) is 0 Å². The second-order valence-electron chi connectivity index (χ2n) is 4.58. The molecule has 1 aromatic rings. The minimum absolute atomic E-state index is 0.384. The van der Waals surface area contributed by atoms with Crippen molar-refractivity contribution < 1.29 is 4.74 Å². The van der Waals surface area contributed by atoms with Crippen LogP contribution in [0.4, 0.5) is 0 Å². The Bertz CT molecular complexity index is 316. The molecule has 1 heterocycles. The summed E-state index contributed by atoms with van der Waals surface area (Å²) in [5.41, 5.74) is 1.73. The van der Waals surface area contributed by atoms with Gasteiger partial charge in [-0.3, -0.25) is 0 Å². The smallest absolute Gasteiger partial charge is 0.118 e. The van der Waals surface area contributed by atoms with E-state index in [1.54, 1.807) is 7.11 Å². The second kappa shape index (κ2) is 3.28. The summed E-state index contributed by atoms with van der Waals surface area (Å²) in [5, 5.41) is 3.45. The molecule has 1 aliphatic heterocycles. The van der Waals surface area contributed by atoms with E-state index >= 15 is 0 Å². The molecule has 1 N–H and O–H groups in total. The Kier molecular flexibility index (Phi) is 2.23. The van der Waals surface area contributed by atoms with Gasteiger partial charge in [-0.2, -0.15) is 0 Å². The first-order valence-corrected chi connectivity index (χ1v) is 5.01. The van der Waals surface area contributed by atoms with E-state index in [9.17, 15) is 0 Å². The quantitative estimate of drug-likeness (QED) is 0.775. The molecule has 2 heteroatoms.